The number of carbonyl (C=O) groups is 1. The van der Waals surface area contributed by atoms with Crippen LogP contribution in [-0.2, 0) is 9.53 Å². The quantitative estimate of drug-likeness (QED) is 0.841. The molecule has 1 aromatic carbocycles. The van der Waals surface area contributed by atoms with E-state index in [1.807, 2.05) is 0 Å². The Labute approximate surface area is 133 Å². The number of nitriles is 1. The summed E-state index contributed by atoms with van der Waals surface area (Å²) in [5.41, 5.74) is -0.106. The van der Waals surface area contributed by atoms with E-state index in [1.54, 1.807) is 11.0 Å². The number of halogens is 2. The minimum atomic E-state index is -0.845. The van der Waals surface area contributed by atoms with Gasteiger partial charge in [-0.05, 0) is 37.0 Å². The summed E-state index contributed by atoms with van der Waals surface area (Å²) in [4.78, 5) is 14.3. The fourth-order valence-electron chi connectivity index (χ4n) is 2.95. The third-order valence-electron chi connectivity index (χ3n) is 4.50. The molecule has 0 bridgehead atoms. The number of benzene rings is 1. The van der Waals surface area contributed by atoms with Crippen molar-refractivity contribution in [2.75, 3.05) is 19.7 Å². The SMILES string of the molecule is N#CC1(C(=O)N2CCO[C@@H](c3ccc(F)c(Cl)c3)C2)CCC1. The average Bonchev–Trinajstić information content (AvgIpc) is 2.49. The molecule has 1 aliphatic heterocycles. The van der Waals surface area contributed by atoms with Crippen molar-refractivity contribution in [3.05, 3.63) is 34.6 Å². The van der Waals surface area contributed by atoms with E-state index in [2.05, 4.69) is 6.07 Å². The van der Waals surface area contributed by atoms with Crippen LogP contribution in [-0.4, -0.2) is 30.5 Å². The van der Waals surface area contributed by atoms with Crippen LogP contribution in [0.1, 0.15) is 30.9 Å². The van der Waals surface area contributed by atoms with Crippen LogP contribution in [0.25, 0.3) is 0 Å². The maximum atomic E-state index is 13.3. The van der Waals surface area contributed by atoms with Gasteiger partial charge in [0.1, 0.15) is 17.3 Å². The molecule has 116 valence electrons. The molecule has 1 aliphatic carbocycles. The number of nitrogens with zero attached hydrogens (tertiary/aromatic N) is 2. The first kappa shape index (κ1) is 15.3. The second kappa shape index (κ2) is 5.86. The summed E-state index contributed by atoms with van der Waals surface area (Å²) in [6.45, 7) is 1.24. The van der Waals surface area contributed by atoms with Crippen molar-refractivity contribution in [1.82, 2.24) is 4.90 Å². The molecule has 1 aromatic rings. The predicted octanol–water partition coefficient (Wildman–Crippen LogP) is 3.07. The normalized spacial score (nSPS) is 23.5. The van der Waals surface area contributed by atoms with Gasteiger partial charge < -0.3 is 9.64 Å². The standard InChI is InChI=1S/C16H16ClFN2O2/c17-12-8-11(2-3-13(12)18)14-9-20(6-7-22-14)15(21)16(10-19)4-1-5-16/h2-3,8,14H,1,4-7,9H2/t14-/m1/s1. The van der Waals surface area contributed by atoms with E-state index in [0.717, 1.165) is 12.0 Å². The zero-order chi connectivity index (χ0) is 15.7. The fourth-order valence-corrected chi connectivity index (χ4v) is 3.14. The second-order valence-electron chi connectivity index (χ2n) is 5.83. The lowest BCUT2D eigenvalue weighted by Gasteiger charge is -2.41. The number of carbonyl (C=O) groups excluding carboxylic acids is 1. The van der Waals surface area contributed by atoms with Crippen LogP contribution in [0, 0.1) is 22.6 Å². The molecule has 1 saturated heterocycles. The van der Waals surface area contributed by atoms with E-state index in [1.165, 1.54) is 12.1 Å². The van der Waals surface area contributed by atoms with Crippen LogP contribution < -0.4 is 0 Å². The van der Waals surface area contributed by atoms with Gasteiger partial charge >= 0.3 is 0 Å². The maximum absolute atomic E-state index is 13.3. The lowest BCUT2D eigenvalue weighted by molar-refractivity contribution is -0.150. The molecule has 2 aliphatic rings. The third kappa shape index (κ3) is 2.57. The first-order valence-electron chi connectivity index (χ1n) is 7.33. The van der Waals surface area contributed by atoms with Gasteiger partial charge in [0.2, 0.25) is 5.91 Å². The topological polar surface area (TPSA) is 53.3 Å². The molecule has 3 rings (SSSR count). The minimum absolute atomic E-state index is 0.0389. The van der Waals surface area contributed by atoms with E-state index in [0.29, 0.717) is 32.5 Å². The van der Waals surface area contributed by atoms with Crippen LogP contribution in [0.2, 0.25) is 5.02 Å². The third-order valence-corrected chi connectivity index (χ3v) is 4.79. The predicted molar refractivity (Wildman–Crippen MR) is 78.6 cm³/mol. The summed E-state index contributed by atoms with van der Waals surface area (Å²) in [5, 5.41) is 9.34. The lowest BCUT2D eigenvalue weighted by Crippen LogP contribution is -2.51. The van der Waals surface area contributed by atoms with Crippen molar-refractivity contribution in [1.29, 1.82) is 5.26 Å². The summed E-state index contributed by atoms with van der Waals surface area (Å²) in [7, 11) is 0. The number of morpholine rings is 1. The summed E-state index contributed by atoms with van der Waals surface area (Å²) < 4.78 is 18.9. The number of rotatable bonds is 2. The van der Waals surface area contributed by atoms with E-state index in [9.17, 15) is 14.4 Å². The second-order valence-corrected chi connectivity index (χ2v) is 6.24. The Balaban J connectivity index is 1.75. The Morgan fingerprint density at radius 3 is 2.86 bits per heavy atom. The fraction of sp³-hybridized carbons (Fsp3) is 0.500. The summed E-state index contributed by atoms with van der Waals surface area (Å²) >= 11 is 5.80. The molecular formula is C16H16ClFN2O2. The van der Waals surface area contributed by atoms with Gasteiger partial charge in [0.25, 0.3) is 0 Å². The molecular weight excluding hydrogens is 307 g/mol. The maximum Gasteiger partial charge on any atom is 0.243 e. The Morgan fingerprint density at radius 2 is 2.27 bits per heavy atom. The highest BCUT2D eigenvalue weighted by molar-refractivity contribution is 6.30. The zero-order valence-corrected chi connectivity index (χ0v) is 12.8. The molecule has 0 N–H and O–H groups in total. The van der Waals surface area contributed by atoms with Gasteiger partial charge in [-0.3, -0.25) is 4.79 Å². The first-order chi connectivity index (χ1) is 10.6. The molecule has 0 unspecified atom stereocenters. The van der Waals surface area contributed by atoms with Crippen LogP contribution in [0.15, 0.2) is 18.2 Å². The van der Waals surface area contributed by atoms with Crippen molar-refractivity contribution < 1.29 is 13.9 Å². The lowest BCUT2D eigenvalue weighted by atomic mass is 9.69. The number of ether oxygens (including phenoxy) is 1. The summed E-state index contributed by atoms with van der Waals surface area (Å²) in [5.74, 6) is -0.588. The molecule has 0 spiro atoms. The number of hydrogen-bond acceptors (Lipinski definition) is 3. The minimum Gasteiger partial charge on any atom is -0.370 e. The molecule has 1 amide bonds. The van der Waals surface area contributed by atoms with E-state index in [-0.39, 0.29) is 17.0 Å². The summed E-state index contributed by atoms with van der Waals surface area (Å²) in [6, 6.07) is 6.62. The van der Waals surface area contributed by atoms with Gasteiger partial charge in [0, 0.05) is 6.54 Å². The molecule has 0 radical (unpaired) electrons. The molecule has 2 fully saturated rings. The molecule has 22 heavy (non-hydrogen) atoms. The highest BCUT2D eigenvalue weighted by Gasteiger charge is 2.47. The van der Waals surface area contributed by atoms with Crippen molar-refractivity contribution in [2.24, 2.45) is 5.41 Å². The Hall–Kier alpha value is -1.64. The molecule has 0 aromatic heterocycles. The smallest absolute Gasteiger partial charge is 0.243 e. The van der Waals surface area contributed by atoms with Crippen molar-refractivity contribution in [2.45, 2.75) is 25.4 Å². The molecule has 6 heteroatoms. The van der Waals surface area contributed by atoms with Crippen molar-refractivity contribution in [3.8, 4) is 6.07 Å². The zero-order valence-electron chi connectivity index (χ0n) is 12.0. The van der Waals surface area contributed by atoms with Gasteiger partial charge in [0.05, 0.1) is 24.2 Å². The van der Waals surface area contributed by atoms with Gasteiger partial charge in [-0.2, -0.15) is 5.26 Å². The number of hydrogen-bond donors (Lipinski definition) is 0. The number of amides is 1. The molecule has 1 saturated carbocycles. The van der Waals surface area contributed by atoms with Gasteiger partial charge in [-0.1, -0.05) is 17.7 Å². The first-order valence-corrected chi connectivity index (χ1v) is 7.71. The molecule has 1 heterocycles. The van der Waals surface area contributed by atoms with Crippen LogP contribution in [0.5, 0.6) is 0 Å². The van der Waals surface area contributed by atoms with Crippen molar-refractivity contribution >= 4 is 17.5 Å². The largest absolute Gasteiger partial charge is 0.370 e. The van der Waals surface area contributed by atoms with Crippen molar-refractivity contribution in [3.63, 3.8) is 0 Å². The highest BCUT2D eigenvalue weighted by atomic mass is 35.5. The van der Waals surface area contributed by atoms with Gasteiger partial charge in [-0.25, -0.2) is 4.39 Å². The van der Waals surface area contributed by atoms with E-state index >= 15 is 0 Å². The Kier molecular flexibility index (Phi) is 4.07. The van der Waals surface area contributed by atoms with Crippen LogP contribution >= 0.6 is 11.6 Å². The molecule has 4 nitrogen and oxygen atoms in total. The van der Waals surface area contributed by atoms with Crippen LogP contribution in [0.3, 0.4) is 0 Å². The average molecular weight is 323 g/mol. The van der Waals surface area contributed by atoms with Gasteiger partial charge in [0.15, 0.2) is 0 Å². The Morgan fingerprint density at radius 1 is 1.50 bits per heavy atom. The monoisotopic (exact) mass is 322 g/mol. The Bertz CT molecular complexity index is 640. The van der Waals surface area contributed by atoms with Gasteiger partial charge in [-0.15, -0.1) is 0 Å². The van der Waals surface area contributed by atoms with E-state index in [4.69, 9.17) is 16.3 Å². The summed E-state index contributed by atoms with van der Waals surface area (Å²) in [6.07, 6.45) is 1.84. The molecule has 1 atom stereocenters. The van der Waals surface area contributed by atoms with Crippen LogP contribution in [0.4, 0.5) is 4.39 Å². The highest BCUT2D eigenvalue weighted by Crippen LogP contribution is 2.42. The van der Waals surface area contributed by atoms with E-state index < -0.39 is 11.2 Å².